The van der Waals surface area contributed by atoms with Crippen LogP contribution in [0.1, 0.15) is 284 Å². The summed E-state index contributed by atoms with van der Waals surface area (Å²) in [5, 5.41) is 0. The first-order chi connectivity index (χ1) is 45.0. The number of likely N-dealkylation sites (N-methyl/N-ethyl adjacent to an activating group) is 1. The predicted octanol–water partition coefficient (Wildman–Crippen LogP) is 24.5. The largest absolute Gasteiger partial charge is 0.472 e. The van der Waals surface area contributed by atoms with Crippen LogP contribution in [0.3, 0.4) is 0 Å². The number of quaternary nitrogens is 1. The van der Waals surface area contributed by atoms with E-state index in [-0.39, 0.29) is 32.0 Å². The lowest BCUT2D eigenvalue weighted by molar-refractivity contribution is -0.870. The Kier molecular flexibility index (Phi) is 67.1. The monoisotopic (exact) mass is 1300 g/mol. The Morgan fingerprint density at radius 1 is 0.337 bits per heavy atom. The van der Waals surface area contributed by atoms with Crippen molar-refractivity contribution in [2.24, 2.45) is 0 Å². The zero-order chi connectivity index (χ0) is 66.9. The van der Waals surface area contributed by atoms with Crippen LogP contribution in [-0.4, -0.2) is 74.9 Å². The molecule has 0 aliphatic heterocycles. The molecule has 0 aromatic carbocycles. The normalized spacial score (nSPS) is 14.1. The average molecular weight is 1300 g/mol. The Balaban J connectivity index is 4.05. The number of phosphoric ester groups is 1. The molecule has 2 unspecified atom stereocenters. The number of allylic oxidation sites excluding steroid dienone is 28. The van der Waals surface area contributed by atoms with E-state index < -0.39 is 26.5 Å². The summed E-state index contributed by atoms with van der Waals surface area (Å²) in [5.74, 6) is -0.822. The van der Waals surface area contributed by atoms with Crippen molar-refractivity contribution in [2.45, 2.75) is 290 Å². The standard InChI is InChI=1S/C82H136NO8P/c1-6-8-10-12-14-16-18-20-22-24-26-28-30-32-34-35-36-37-38-39-40-41-42-43-44-45-46-47-49-51-53-55-57-59-61-63-65-67-69-71-73-75-82(85)91-80(79-90-92(86,87)89-77-76-83(3,4)5)78-88-81(84)74-72-70-68-66-64-62-60-58-56-54-52-50-48-33-31-29-27-25-23-21-19-17-15-13-11-9-7-2/h8-11,14-17,20-23,26-29,32-34,36-37,39-40,48,52,54,58,60,80H,6-7,12-13,18-19,24-25,30-31,35,38,41-47,49-51,53,55-57,59,61-79H2,1-5H3/p+1/b10-8-,11-9-,16-14-,17-15-,22-20-,23-21-,28-26-,29-27-,34-32-,37-36-,40-39-,48-33-,54-52-,60-58-. The number of hydrogen-bond acceptors (Lipinski definition) is 7. The summed E-state index contributed by atoms with van der Waals surface area (Å²) in [6.07, 6.45) is 108. The van der Waals surface area contributed by atoms with Crippen LogP contribution < -0.4 is 0 Å². The first kappa shape index (κ1) is 87.4. The molecule has 0 radical (unpaired) electrons. The number of hydrogen-bond donors (Lipinski definition) is 1. The molecule has 0 heterocycles. The van der Waals surface area contributed by atoms with E-state index in [1.807, 2.05) is 21.1 Å². The van der Waals surface area contributed by atoms with Crippen LogP contribution in [-0.2, 0) is 32.7 Å². The van der Waals surface area contributed by atoms with Crippen molar-refractivity contribution in [3.63, 3.8) is 0 Å². The Hall–Kier alpha value is -4.63. The second kappa shape index (κ2) is 70.7. The van der Waals surface area contributed by atoms with Crippen molar-refractivity contribution in [3.8, 4) is 0 Å². The molecule has 10 heteroatoms. The molecule has 0 aromatic heterocycles. The number of unbranched alkanes of at least 4 members (excludes halogenated alkanes) is 24. The molecule has 0 saturated heterocycles. The Morgan fingerprint density at radius 2 is 0.587 bits per heavy atom. The summed E-state index contributed by atoms with van der Waals surface area (Å²) in [6, 6.07) is 0. The number of carbonyl (C=O) groups is 2. The molecule has 0 spiro atoms. The van der Waals surface area contributed by atoms with Gasteiger partial charge in [-0.2, -0.15) is 0 Å². The molecule has 0 bridgehead atoms. The third-order valence-electron chi connectivity index (χ3n) is 15.2. The van der Waals surface area contributed by atoms with Gasteiger partial charge in [0.2, 0.25) is 0 Å². The zero-order valence-corrected chi connectivity index (χ0v) is 60.4. The zero-order valence-electron chi connectivity index (χ0n) is 59.5. The molecular weight excluding hydrogens is 1160 g/mol. The summed E-state index contributed by atoms with van der Waals surface area (Å²) in [4.78, 5) is 35.9. The number of nitrogens with zero attached hydrogens (tertiary/aromatic N) is 1. The molecule has 2 atom stereocenters. The molecule has 0 amide bonds. The number of phosphoric acid groups is 1. The van der Waals surface area contributed by atoms with Crippen LogP contribution in [0.25, 0.3) is 0 Å². The maximum absolute atomic E-state index is 12.9. The van der Waals surface area contributed by atoms with Crippen molar-refractivity contribution in [1.29, 1.82) is 0 Å². The highest BCUT2D eigenvalue weighted by Crippen LogP contribution is 2.43. The summed E-state index contributed by atoms with van der Waals surface area (Å²) in [6.45, 7) is 4.18. The molecule has 1 N–H and O–H groups in total. The lowest BCUT2D eigenvalue weighted by Crippen LogP contribution is -2.37. The molecule has 0 saturated carbocycles. The van der Waals surface area contributed by atoms with Crippen LogP contribution in [0.2, 0.25) is 0 Å². The topological polar surface area (TPSA) is 108 Å². The summed E-state index contributed by atoms with van der Waals surface area (Å²) in [5.41, 5.74) is 0. The van der Waals surface area contributed by atoms with Gasteiger partial charge in [0, 0.05) is 12.8 Å². The fourth-order valence-corrected chi connectivity index (χ4v) is 10.4. The minimum absolute atomic E-state index is 0.0213. The summed E-state index contributed by atoms with van der Waals surface area (Å²) in [7, 11) is 1.45. The van der Waals surface area contributed by atoms with Gasteiger partial charge in [0.25, 0.3) is 0 Å². The maximum Gasteiger partial charge on any atom is 0.472 e. The van der Waals surface area contributed by atoms with Crippen molar-refractivity contribution in [2.75, 3.05) is 47.5 Å². The number of carbonyl (C=O) groups excluding carboxylic acids is 2. The van der Waals surface area contributed by atoms with E-state index in [4.69, 9.17) is 18.5 Å². The number of esters is 2. The van der Waals surface area contributed by atoms with Crippen molar-refractivity contribution in [1.82, 2.24) is 0 Å². The van der Waals surface area contributed by atoms with Gasteiger partial charge >= 0.3 is 19.8 Å². The van der Waals surface area contributed by atoms with Crippen LogP contribution >= 0.6 is 7.82 Å². The third-order valence-corrected chi connectivity index (χ3v) is 16.2. The van der Waals surface area contributed by atoms with E-state index in [0.29, 0.717) is 23.9 Å². The lowest BCUT2D eigenvalue weighted by atomic mass is 10.0. The second-order valence-corrected chi connectivity index (χ2v) is 26.7. The molecule has 0 aromatic rings. The van der Waals surface area contributed by atoms with Gasteiger partial charge in [0.05, 0.1) is 27.7 Å². The van der Waals surface area contributed by atoms with Crippen molar-refractivity contribution >= 4 is 19.8 Å². The van der Waals surface area contributed by atoms with E-state index in [0.717, 1.165) is 141 Å². The lowest BCUT2D eigenvalue weighted by Gasteiger charge is -2.24. The highest BCUT2D eigenvalue weighted by Gasteiger charge is 2.27. The van der Waals surface area contributed by atoms with Gasteiger partial charge in [0.15, 0.2) is 6.10 Å². The Bertz CT molecular complexity index is 2160. The fraction of sp³-hybridized carbons (Fsp3) is 0.634. The minimum atomic E-state index is -4.41. The van der Waals surface area contributed by atoms with E-state index in [1.165, 1.54) is 103 Å². The predicted molar refractivity (Wildman–Crippen MR) is 399 cm³/mol. The SMILES string of the molecule is CC/C=C\C/C=C\C/C=C\C/C=C\C/C=C\C/C=C\C/C=C\CCCCCCCCCCCCCCCCCCCCCC(=O)OC(COC(=O)CCCCCCC/C=C\C/C=C\C/C=C\C/C=C\C/C=C\C/C=C\C/C=C\CC)COP(=O)(O)OCC[N+](C)(C)C. The molecule has 9 nitrogen and oxygen atoms in total. The number of ether oxygens (including phenoxy) is 2. The summed E-state index contributed by atoms with van der Waals surface area (Å²) >= 11 is 0. The van der Waals surface area contributed by atoms with Crippen LogP contribution in [0.15, 0.2) is 170 Å². The molecule has 0 rings (SSSR count). The molecule has 92 heavy (non-hydrogen) atoms. The Labute approximate surface area is 566 Å². The highest BCUT2D eigenvalue weighted by molar-refractivity contribution is 7.47. The van der Waals surface area contributed by atoms with Crippen molar-refractivity contribution < 1.29 is 42.1 Å². The van der Waals surface area contributed by atoms with E-state index in [2.05, 4.69) is 184 Å². The van der Waals surface area contributed by atoms with E-state index in [1.54, 1.807) is 0 Å². The van der Waals surface area contributed by atoms with Gasteiger partial charge in [-0.1, -0.05) is 312 Å². The smallest absolute Gasteiger partial charge is 0.462 e. The average Bonchev–Trinajstić information content (AvgIpc) is 2.23. The molecule has 522 valence electrons. The molecule has 0 fully saturated rings. The Morgan fingerprint density at radius 3 is 0.870 bits per heavy atom. The van der Waals surface area contributed by atoms with E-state index >= 15 is 0 Å². The second-order valence-electron chi connectivity index (χ2n) is 25.2. The van der Waals surface area contributed by atoms with Gasteiger partial charge in [-0.15, -0.1) is 0 Å². The quantitative estimate of drug-likeness (QED) is 0.0211. The summed E-state index contributed by atoms with van der Waals surface area (Å²) < 4.78 is 34.7. The van der Waals surface area contributed by atoms with Crippen LogP contribution in [0, 0.1) is 0 Å². The molecule has 0 aliphatic carbocycles. The van der Waals surface area contributed by atoms with Crippen LogP contribution in [0.4, 0.5) is 0 Å². The minimum Gasteiger partial charge on any atom is -0.462 e. The van der Waals surface area contributed by atoms with E-state index in [9.17, 15) is 19.0 Å². The first-order valence-electron chi connectivity index (χ1n) is 36.9. The molecule has 0 aliphatic rings. The first-order valence-corrected chi connectivity index (χ1v) is 38.4. The van der Waals surface area contributed by atoms with Crippen molar-refractivity contribution in [3.05, 3.63) is 170 Å². The van der Waals surface area contributed by atoms with Crippen LogP contribution in [0.5, 0.6) is 0 Å². The third kappa shape index (κ3) is 74.4. The van der Waals surface area contributed by atoms with Gasteiger partial charge in [0.1, 0.15) is 19.8 Å². The van der Waals surface area contributed by atoms with Gasteiger partial charge in [-0.25, -0.2) is 4.57 Å². The maximum atomic E-state index is 12.9. The number of rotatable bonds is 66. The fourth-order valence-electron chi connectivity index (χ4n) is 9.68. The van der Waals surface area contributed by atoms with Gasteiger partial charge in [-0.05, 0) is 128 Å². The van der Waals surface area contributed by atoms with Gasteiger partial charge < -0.3 is 18.9 Å². The van der Waals surface area contributed by atoms with Gasteiger partial charge in [-0.3, -0.25) is 18.6 Å². The molecular formula is C82H137NO8P+. The highest BCUT2D eigenvalue weighted by atomic mass is 31.2.